The van der Waals surface area contributed by atoms with Crippen LogP contribution in [0.1, 0.15) is 68.0 Å². The second-order valence-corrected chi connectivity index (χ2v) is 16.6. The molecule has 1 aliphatic heterocycles. The Hall–Kier alpha value is -3.66. The summed E-state index contributed by atoms with van der Waals surface area (Å²) < 4.78 is 93.7. The Morgan fingerprint density at radius 1 is 0.671 bits per heavy atom. The average Bonchev–Trinajstić information content (AvgIpc) is 3.62. The molecule has 0 fully saturated rings. The number of nitrogens with one attached hydrogen (secondary N) is 1. The molecule has 2 amide bonds. The van der Waals surface area contributed by atoms with E-state index < -0.39 is 24.5 Å². The molecule has 0 saturated heterocycles. The quantitative estimate of drug-likeness (QED) is 0.0480. The molecule has 2 rings (SSSR count). The summed E-state index contributed by atoms with van der Waals surface area (Å²) in [7, 11) is 0. The molecule has 1 aromatic rings. The molecule has 70 heavy (non-hydrogen) atoms. The van der Waals surface area contributed by atoms with Crippen LogP contribution in [0.4, 0.5) is 18.9 Å². The highest BCUT2D eigenvalue weighted by Crippen LogP contribution is 2.35. The van der Waals surface area contributed by atoms with E-state index in [4.69, 9.17) is 58.8 Å². The van der Waals surface area contributed by atoms with Gasteiger partial charge in [0.25, 0.3) is 0 Å². The molecule has 20 nitrogen and oxygen atoms in total. The van der Waals surface area contributed by atoms with Crippen molar-refractivity contribution in [2.45, 2.75) is 70.9 Å². The van der Waals surface area contributed by atoms with Crippen LogP contribution in [-0.2, 0) is 77.7 Å². The number of nitrogens with two attached hydrogens (primary N) is 2. The predicted molar refractivity (Wildman–Crippen MR) is 254 cm³/mol. The van der Waals surface area contributed by atoms with Gasteiger partial charge < -0.3 is 73.8 Å². The Balaban J connectivity index is 1.27. The Morgan fingerprint density at radius 3 is 1.60 bits per heavy atom. The van der Waals surface area contributed by atoms with Crippen LogP contribution >= 0.6 is 11.3 Å². The van der Waals surface area contributed by atoms with Crippen molar-refractivity contribution >= 4 is 52.7 Å². The number of aryl methyl sites for hydroxylation is 1. The van der Waals surface area contributed by atoms with Gasteiger partial charge in [0.1, 0.15) is 5.84 Å². The van der Waals surface area contributed by atoms with E-state index in [1.54, 1.807) is 11.3 Å². The molecule has 0 unspecified atom stereocenters. The summed E-state index contributed by atoms with van der Waals surface area (Å²) in [6.45, 7) is 11.3. The first kappa shape index (κ1) is 62.5. The summed E-state index contributed by atoms with van der Waals surface area (Å²) >= 11 is 1.65. The lowest BCUT2D eigenvalue weighted by molar-refractivity contribution is -0.202. The average molecular weight is 1030 g/mol. The molecule has 0 spiro atoms. The van der Waals surface area contributed by atoms with Crippen molar-refractivity contribution in [3.8, 4) is 0 Å². The summed E-state index contributed by atoms with van der Waals surface area (Å²) in [5, 5.41) is 2.96. The first-order chi connectivity index (χ1) is 33.9. The molecular formula is C46H76F3N5O15S. The number of hydrogen-bond donors (Lipinski definition) is 3. The molecule has 24 heteroatoms. The highest BCUT2D eigenvalue weighted by Gasteiger charge is 2.42. The zero-order valence-electron chi connectivity index (χ0n) is 40.7. The molecule has 0 atom stereocenters. The van der Waals surface area contributed by atoms with Gasteiger partial charge in [0.15, 0.2) is 0 Å². The van der Waals surface area contributed by atoms with Gasteiger partial charge in [-0.2, -0.15) is 13.2 Å². The van der Waals surface area contributed by atoms with Gasteiger partial charge in [-0.25, -0.2) is 9.79 Å². The number of esters is 2. The zero-order valence-corrected chi connectivity index (χ0v) is 41.5. The van der Waals surface area contributed by atoms with Crippen LogP contribution in [-0.4, -0.2) is 199 Å². The van der Waals surface area contributed by atoms with Crippen molar-refractivity contribution < 1.29 is 84.5 Å². The van der Waals surface area contributed by atoms with E-state index in [2.05, 4.69) is 28.0 Å². The number of fused-ring (bicyclic) bond motifs is 1. The van der Waals surface area contributed by atoms with Crippen LogP contribution in [0.2, 0.25) is 0 Å². The first-order valence-corrected chi connectivity index (χ1v) is 24.8. The summed E-state index contributed by atoms with van der Waals surface area (Å²) in [6, 6.07) is 2.07. The van der Waals surface area contributed by atoms with Gasteiger partial charge in [-0.1, -0.05) is 13.3 Å². The third-order valence-electron chi connectivity index (χ3n) is 9.55. The fourth-order valence-electron chi connectivity index (χ4n) is 6.10. The maximum Gasteiger partial charge on any atom is 0.491 e. The minimum atomic E-state index is -5.22. The second-order valence-electron chi connectivity index (χ2n) is 15.4. The second kappa shape index (κ2) is 40.9. The number of carbonyl (C=O) groups is 4. The Morgan fingerprint density at radius 2 is 1.14 bits per heavy atom. The van der Waals surface area contributed by atoms with Crippen molar-refractivity contribution in [3.63, 3.8) is 0 Å². The standard InChI is InChI=1S/C46H76F3N5O15S/c1-2-12-54(13-6-10-50)44(57)37-34-40-39(53-41(51)35-37)36-38(70-40)7-4-3-5-11-52-42(55)8-14-59-16-18-61-20-22-63-24-26-65-28-30-67-32-33-68-31-29-66-27-25-64-23-21-62-19-17-60-15-9-43(56)69-45(58)46(47,48)49/h34,36H,2-33,35,50H2,1H3,(H2,51,53)(H,52,55). The van der Waals surface area contributed by atoms with Crippen LogP contribution in [0, 0.1) is 0 Å². The van der Waals surface area contributed by atoms with Gasteiger partial charge in [-0.15, -0.1) is 11.3 Å². The smallest absolute Gasteiger partial charge is 0.387 e. The largest absolute Gasteiger partial charge is 0.491 e. The van der Waals surface area contributed by atoms with Crippen molar-refractivity contribution in [3.05, 3.63) is 21.4 Å². The number of thiophene rings is 1. The molecular weight excluding hydrogens is 952 g/mol. The highest BCUT2D eigenvalue weighted by molar-refractivity contribution is 7.13. The van der Waals surface area contributed by atoms with Crippen molar-refractivity contribution in [1.29, 1.82) is 0 Å². The summed E-state index contributed by atoms with van der Waals surface area (Å²) in [4.78, 5) is 55.8. The molecule has 1 aromatic heterocycles. The molecule has 0 saturated carbocycles. The van der Waals surface area contributed by atoms with Crippen LogP contribution in [0.3, 0.4) is 0 Å². The summed E-state index contributed by atoms with van der Waals surface area (Å²) in [5.41, 5.74) is 13.4. The number of unbranched alkanes of at least 4 members (excludes halogenated alkanes) is 2. The number of hydrogen-bond acceptors (Lipinski definition) is 19. The Labute approximate surface area is 413 Å². The predicted octanol–water partition coefficient (Wildman–Crippen LogP) is 3.52. The molecule has 0 aromatic carbocycles. The Bertz CT molecular complexity index is 1640. The lowest BCUT2D eigenvalue weighted by atomic mass is 10.1. The molecule has 2 heterocycles. The van der Waals surface area contributed by atoms with E-state index in [1.807, 2.05) is 11.0 Å². The SMILES string of the molecule is CCCN(CCCN)C(=O)C1=Cc2sc(CCCCCNC(=O)CCOCCOCCOCCOCCOCCOCCOCCOCCOCCOCCC(=O)OC(=O)C(F)(F)F)cc2N=C(N)C1. The fraction of sp³-hybridized carbons (Fsp3) is 0.761. The number of amides is 2. The number of nitrogens with zero attached hydrogens (tertiary/aromatic N) is 2. The summed E-state index contributed by atoms with van der Waals surface area (Å²) in [6.07, 6.45) is 2.19. The zero-order chi connectivity index (χ0) is 50.9. The monoisotopic (exact) mass is 1030 g/mol. The van der Waals surface area contributed by atoms with Crippen molar-refractivity contribution in [2.24, 2.45) is 16.5 Å². The van der Waals surface area contributed by atoms with E-state index in [-0.39, 0.29) is 44.7 Å². The van der Waals surface area contributed by atoms with Gasteiger partial charge in [0, 0.05) is 42.9 Å². The lowest BCUT2D eigenvalue weighted by Crippen LogP contribution is -2.35. The minimum absolute atomic E-state index is 0.00167. The van der Waals surface area contributed by atoms with E-state index in [9.17, 15) is 32.3 Å². The number of rotatable bonds is 45. The van der Waals surface area contributed by atoms with E-state index in [0.29, 0.717) is 150 Å². The maximum absolute atomic E-state index is 13.3. The third kappa shape index (κ3) is 32.3. The van der Waals surface area contributed by atoms with E-state index in [0.717, 1.165) is 49.1 Å². The molecule has 402 valence electrons. The van der Waals surface area contributed by atoms with E-state index in [1.165, 1.54) is 4.88 Å². The minimum Gasteiger partial charge on any atom is -0.387 e. The fourth-order valence-corrected chi connectivity index (χ4v) is 7.21. The lowest BCUT2D eigenvalue weighted by Gasteiger charge is -2.23. The van der Waals surface area contributed by atoms with Crippen LogP contribution in [0.25, 0.3) is 6.08 Å². The van der Waals surface area contributed by atoms with Crippen LogP contribution < -0.4 is 16.8 Å². The van der Waals surface area contributed by atoms with Gasteiger partial charge in [-0.05, 0) is 50.8 Å². The van der Waals surface area contributed by atoms with Crippen molar-refractivity contribution in [2.75, 3.05) is 158 Å². The van der Waals surface area contributed by atoms with Gasteiger partial charge >= 0.3 is 18.1 Å². The molecule has 0 aliphatic carbocycles. The highest BCUT2D eigenvalue weighted by atomic mass is 32.1. The third-order valence-corrected chi connectivity index (χ3v) is 10.7. The number of carbonyl (C=O) groups excluding carboxylic acids is 4. The maximum atomic E-state index is 13.3. The van der Waals surface area contributed by atoms with Gasteiger partial charge in [-0.3, -0.25) is 14.4 Å². The van der Waals surface area contributed by atoms with Crippen LogP contribution in [0.5, 0.6) is 0 Å². The van der Waals surface area contributed by atoms with Gasteiger partial charge in [0.2, 0.25) is 11.8 Å². The first-order valence-electron chi connectivity index (χ1n) is 24.0. The van der Waals surface area contributed by atoms with E-state index >= 15 is 0 Å². The number of halogens is 3. The number of alkyl halides is 3. The summed E-state index contributed by atoms with van der Waals surface area (Å²) in [5.74, 6) is -3.48. The molecule has 5 N–H and O–H groups in total. The topological polar surface area (TPSA) is 249 Å². The Kier molecular flexibility index (Phi) is 36.5. The molecule has 0 radical (unpaired) electrons. The van der Waals surface area contributed by atoms with Crippen molar-refractivity contribution in [1.82, 2.24) is 10.2 Å². The number of amidine groups is 1. The number of aliphatic imine (C=N–C) groups is 1. The van der Waals surface area contributed by atoms with Crippen LogP contribution in [0.15, 0.2) is 16.6 Å². The van der Waals surface area contributed by atoms with Gasteiger partial charge in [0.05, 0.1) is 149 Å². The number of ether oxygens (including phenoxy) is 11. The molecule has 0 bridgehead atoms. The normalized spacial score (nSPS) is 12.6. The molecule has 1 aliphatic rings.